The van der Waals surface area contributed by atoms with Gasteiger partial charge in [0.15, 0.2) is 6.10 Å². The molecule has 0 radical (unpaired) electrons. The first-order valence-electron chi connectivity index (χ1n) is 35.9. The van der Waals surface area contributed by atoms with Gasteiger partial charge in [0.25, 0.3) is 7.82 Å². The lowest BCUT2D eigenvalue weighted by Gasteiger charge is -2.28. The second kappa shape index (κ2) is 67.5. The van der Waals surface area contributed by atoms with Gasteiger partial charge in [-0.2, -0.15) is 0 Å². The van der Waals surface area contributed by atoms with Crippen molar-refractivity contribution in [2.75, 3.05) is 47.5 Å². The Labute approximate surface area is 542 Å². The molecule has 0 heterocycles. The van der Waals surface area contributed by atoms with Crippen LogP contribution in [-0.2, 0) is 32.7 Å². The highest BCUT2D eigenvalue weighted by atomic mass is 31.2. The zero-order chi connectivity index (χ0) is 64.1. The van der Waals surface area contributed by atoms with Gasteiger partial charge in [-0.05, 0) is 116 Å². The number of esters is 2. The summed E-state index contributed by atoms with van der Waals surface area (Å²) in [5, 5.41) is 0. The number of carbonyl (C=O) groups excluding carboxylic acids is 2. The van der Waals surface area contributed by atoms with E-state index in [1.54, 1.807) is 0 Å². The van der Waals surface area contributed by atoms with Crippen LogP contribution in [0.15, 0.2) is 134 Å². The Morgan fingerprint density at radius 2 is 0.648 bits per heavy atom. The summed E-state index contributed by atoms with van der Waals surface area (Å²) >= 11 is 0. The van der Waals surface area contributed by atoms with Crippen LogP contribution in [0.3, 0.4) is 0 Å². The molecule has 0 saturated carbocycles. The minimum atomic E-state index is -4.65. The van der Waals surface area contributed by atoms with Crippen molar-refractivity contribution in [2.45, 2.75) is 302 Å². The second-order valence-corrected chi connectivity index (χ2v) is 26.3. The number of nitrogens with zero attached hydrogens (tertiary/aromatic N) is 1. The first-order valence-corrected chi connectivity index (χ1v) is 37.4. The topological polar surface area (TPSA) is 111 Å². The third-order valence-electron chi connectivity index (χ3n) is 15.2. The predicted octanol–water partition coefficient (Wildman–Crippen LogP) is 23.0. The predicted molar refractivity (Wildman–Crippen MR) is 378 cm³/mol. The SMILES string of the molecule is CC/C=C\C/C=C\C/C=C\C/C=C\C/C=C\C/C=C\C/C=C\C/C=C\C/C=C\CCCCCCCCCCCCCCCC(=O)OC(COC(=O)CCCCCCCCCCCCC/C=C\C/C=C\CCCCCCC)COP(=O)([O-])OCC[N+](C)(C)C. The van der Waals surface area contributed by atoms with Crippen molar-refractivity contribution in [2.24, 2.45) is 0 Å². The lowest BCUT2D eigenvalue weighted by atomic mass is 10.0. The van der Waals surface area contributed by atoms with Crippen molar-refractivity contribution < 1.29 is 42.1 Å². The maximum Gasteiger partial charge on any atom is 0.306 e. The Morgan fingerprint density at radius 3 is 0.966 bits per heavy atom. The highest BCUT2D eigenvalue weighted by molar-refractivity contribution is 7.45. The van der Waals surface area contributed by atoms with E-state index >= 15 is 0 Å². The minimum Gasteiger partial charge on any atom is -0.756 e. The highest BCUT2D eigenvalue weighted by Crippen LogP contribution is 2.38. The van der Waals surface area contributed by atoms with Crippen molar-refractivity contribution in [3.05, 3.63) is 134 Å². The first-order chi connectivity index (χ1) is 43.0. The average molecular weight is 1240 g/mol. The summed E-state index contributed by atoms with van der Waals surface area (Å²) in [4.78, 5) is 38.1. The number of hydrogen-bond acceptors (Lipinski definition) is 8. The van der Waals surface area contributed by atoms with Gasteiger partial charge >= 0.3 is 11.9 Å². The molecule has 0 spiro atoms. The smallest absolute Gasteiger partial charge is 0.306 e. The molecule has 0 aliphatic carbocycles. The Hall–Kier alpha value is -3.85. The molecule has 9 nitrogen and oxygen atoms in total. The fourth-order valence-corrected chi connectivity index (χ4v) is 10.4. The van der Waals surface area contributed by atoms with Gasteiger partial charge in [-0.15, -0.1) is 0 Å². The molecule has 0 fully saturated rings. The van der Waals surface area contributed by atoms with Crippen LogP contribution in [0.1, 0.15) is 296 Å². The van der Waals surface area contributed by atoms with Crippen molar-refractivity contribution >= 4 is 19.8 Å². The fourth-order valence-electron chi connectivity index (χ4n) is 9.68. The minimum absolute atomic E-state index is 0.0358. The summed E-state index contributed by atoms with van der Waals surface area (Å²) in [7, 11) is 1.16. The summed E-state index contributed by atoms with van der Waals surface area (Å²) < 4.78 is 34.3. The fraction of sp³-hybridized carbons (Fsp3) is 0.692. The lowest BCUT2D eigenvalue weighted by molar-refractivity contribution is -0.870. The van der Waals surface area contributed by atoms with Gasteiger partial charge in [0.1, 0.15) is 19.8 Å². The molecule has 2 unspecified atom stereocenters. The Bertz CT molecular complexity index is 1950. The third kappa shape index (κ3) is 71.2. The lowest BCUT2D eigenvalue weighted by Crippen LogP contribution is -2.37. The maximum absolute atomic E-state index is 12.9. The van der Waals surface area contributed by atoms with E-state index in [1.807, 2.05) is 21.1 Å². The number of ether oxygens (including phenoxy) is 2. The first kappa shape index (κ1) is 84.2. The van der Waals surface area contributed by atoms with Gasteiger partial charge in [0.2, 0.25) is 0 Å². The molecule has 2 atom stereocenters. The van der Waals surface area contributed by atoms with Gasteiger partial charge in [0, 0.05) is 12.8 Å². The second-order valence-electron chi connectivity index (χ2n) is 24.9. The quantitative estimate of drug-likeness (QED) is 0.0195. The van der Waals surface area contributed by atoms with E-state index in [9.17, 15) is 19.0 Å². The number of rotatable bonds is 65. The number of hydrogen-bond donors (Lipinski definition) is 0. The van der Waals surface area contributed by atoms with E-state index in [0.717, 1.165) is 103 Å². The molecular weight excluding hydrogens is 1110 g/mol. The Morgan fingerprint density at radius 1 is 0.364 bits per heavy atom. The molecule has 0 rings (SSSR count). The van der Waals surface area contributed by atoms with E-state index in [0.29, 0.717) is 17.4 Å². The molecule has 0 amide bonds. The molecule has 504 valence electrons. The van der Waals surface area contributed by atoms with Gasteiger partial charge in [0.05, 0.1) is 27.7 Å². The van der Waals surface area contributed by atoms with Gasteiger partial charge < -0.3 is 27.9 Å². The van der Waals surface area contributed by atoms with Gasteiger partial charge in [-0.25, -0.2) is 0 Å². The number of carbonyl (C=O) groups is 2. The molecule has 10 heteroatoms. The molecule has 0 saturated heterocycles. The van der Waals surface area contributed by atoms with E-state index in [1.165, 1.54) is 161 Å². The van der Waals surface area contributed by atoms with Crippen molar-refractivity contribution in [3.8, 4) is 0 Å². The normalized spacial score (nSPS) is 13.9. The number of phosphoric acid groups is 1. The Kier molecular flexibility index (Phi) is 64.6. The summed E-state index contributed by atoms with van der Waals surface area (Å²) in [5.74, 6) is -0.835. The molecule has 0 aromatic carbocycles. The molecule has 0 aliphatic heterocycles. The van der Waals surface area contributed by atoms with E-state index < -0.39 is 26.5 Å². The summed E-state index contributed by atoms with van der Waals surface area (Å²) in [5.41, 5.74) is 0. The summed E-state index contributed by atoms with van der Waals surface area (Å²) in [6, 6.07) is 0. The molecule has 0 aromatic heterocycles. The van der Waals surface area contributed by atoms with Crippen LogP contribution < -0.4 is 4.89 Å². The van der Waals surface area contributed by atoms with E-state index in [4.69, 9.17) is 18.5 Å². The van der Waals surface area contributed by atoms with Crippen LogP contribution >= 0.6 is 7.82 Å². The van der Waals surface area contributed by atoms with Crippen molar-refractivity contribution in [1.29, 1.82) is 0 Å². The molecular formula is C78H134NO8P. The zero-order valence-electron chi connectivity index (χ0n) is 57.4. The van der Waals surface area contributed by atoms with Gasteiger partial charge in [-0.3, -0.25) is 14.2 Å². The molecule has 88 heavy (non-hydrogen) atoms. The van der Waals surface area contributed by atoms with Crippen LogP contribution in [0, 0.1) is 0 Å². The number of unbranched alkanes of at least 4 members (excludes halogenated alkanes) is 29. The Balaban J connectivity index is 4.05. The van der Waals surface area contributed by atoms with Crippen LogP contribution in [-0.4, -0.2) is 70.0 Å². The number of phosphoric ester groups is 1. The maximum atomic E-state index is 12.9. The third-order valence-corrected chi connectivity index (χ3v) is 16.1. The van der Waals surface area contributed by atoms with Crippen LogP contribution in [0.4, 0.5) is 0 Å². The van der Waals surface area contributed by atoms with Gasteiger partial charge in [-0.1, -0.05) is 302 Å². The molecule has 0 aromatic rings. The molecule has 0 N–H and O–H groups in total. The molecule has 0 bridgehead atoms. The largest absolute Gasteiger partial charge is 0.756 e. The number of quaternary nitrogens is 1. The number of likely N-dealkylation sites (N-methyl/N-ethyl adjacent to an activating group) is 1. The standard InChI is InChI=1S/C78H134NO8P/c1-6-8-10-12-14-16-18-20-22-24-26-28-30-31-32-33-34-35-36-37-38-39-40-41-42-43-44-45-46-47-49-51-53-55-57-59-61-63-65-67-69-71-78(81)87-76(75-86-88(82,83)85-73-72-79(3,4)5)74-84-77(80)70-68-66-64-62-60-58-56-54-52-50-48-29-27-25-23-21-19-17-15-13-11-9-7-2/h8,10,14,16,19-22,25-28,31-32,34-35,37-38,40-41,43-44,76H,6-7,9,11-13,15,17-18,23-24,29-30,33,36,39,42,45-75H2,1-5H3/b10-8-,16-14-,21-19-,22-20-,27-25-,28-26-,32-31-,35-34-,38-37-,41-40-,44-43-. The van der Waals surface area contributed by atoms with Crippen LogP contribution in [0.25, 0.3) is 0 Å². The van der Waals surface area contributed by atoms with E-state index in [2.05, 4.69) is 148 Å². The van der Waals surface area contributed by atoms with E-state index in [-0.39, 0.29) is 32.0 Å². The summed E-state index contributed by atoms with van der Waals surface area (Å²) in [6.45, 7) is 4.13. The van der Waals surface area contributed by atoms with Crippen LogP contribution in [0.2, 0.25) is 0 Å². The zero-order valence-corrected chi connectivity index (χ0v) is 58.3. The number of allylic oxidation sites excluding steroid dienone is 22. The van der Waals surface area contributed by atoms with Crippen molar-refractivity contribution in [1.82, 2.24) is 0 Å². The monoisotopic (exact) mass is 1240 g/mol. The highest BCUT2D eigenvalue weighted by Gasteiger charge is 2.22. The van der Waals surface area contributed by atoms with Crippen LogP contribution in [0.5, 0.6) is 0 Å². The molecule has 0 aliphatic rings. The van der Waals surface area contributed by atoms with Crippen molar-refractivity contribution in [3.63, 3.8) is 0 Å². The summed E-state index contributed by atoms with van der Waals surface area (Å²) in [6.07, 6.45) is 98.1. The average Bonchev–Trinajstić information content (AvgIpc) is 3.58.